The predicted octanol–water partition coefficient (Wildman–Crippen LogP) is 1.72. The van der Waals surface area contributed by atoms with Crippen LogP contribution in [0.4, 0.5) is 4.39 Å². The first-order valence-electron chi connectivity index (χ1n) is 9.97. The van der Waals surface area contributed by atoms with E-state index in [9.17, 15) is 14.0 Å². The van der Waals surface area contributed by atoms with Crippen LogP contribution in [-0.4, -0.2) is 58.2 Å². The predicted molar refractivity (Wildman–Crippen MR) is 104 cm³/mol. The maximum atomic E-state index is 13.0. The number of aryl methyl sites for hydroxylation is 2. The minimum atomic E-state index is -0.340. The standard InChI is InChI=1S/C21H25FN4O2/c22-18-7-5-16(6-8-18)21(28)25-12-9-24(10-13-25)11-14-26-20(27)15-17-3-1-2-4-19(17)23-26/h5-8,15H,1-4,9-14H2. The lowest BCUT2D eigenvalue weighted by molar-refractivity contribution is 0.0631. The number of rotatable bonds is 4. The smallest absolute Gasteiger partial charge is 0.267 e. The van der Waals surface area contributed by atoms with Gasteiger partial charge in [0.25, 0.3) is 11.5 Å². The van der Waals surface area contributed by atoms with E-state index in [2.05, 4.69) is 10.00 Å². The number of nitrogens with zero attached hydrogens (tertiary/aromatic N) is 4. The zero-order valence-electron chi connectivity index (χ0n) is 15.9. The van der Waals surface area contributed by atoms with Crippen LogP contribution in [0.3, 0.4) is 0 Å². The van der Waals surface area contributed by atoms with Crippen LogP contribution in [0.2, 0.25) is 0 Å². The Balaban J connectivity index is 1.31. The summed E-state index contributed by atoms with van der Waals surface area (Å²) in [7, 11) is 0. The summed E-state index contributed by atoms with van der Waals surface area (Å²) in [6, 6.07) is 7.43. The van der Waals surface area contributed by atoms with Gasteiger partial charge in [0, 0.05) is 44.4 Å². The second kappa shape index (κ2) is 8.22. The van der Waals surface area contributed by atoms with Crippen LogP contribution in [0.1, 0.15) is 34.5 Å². The average molecular weight is 384 g/mol. The Hall–Kier alpha value is -2.54. The molecule has 7 heteroatoms. The Labute approximate surface area is 163 Å². The molecule has 1 aliphatic heterocycles. The highest BCUT2D eigenvalue weighted by atomic mass is 19.1. The quantitative estimate of drug-likeness (QED) is 0.806. The van der Waals surface area contributed by atoms with Crippen LogP contribution >= 0.6 is 0 Å². The molecule has 2 aliphatic rings. The number of halogens is 1. The minimum Gasteiger partial charge on any atom is -0.336 e. The van der Waals surface area contributed by atoms with Crippen molar-refractivity contribution in [2.75, 3.05) is 32.7 Å². The third kappa shape index (κ3) is 4.14. The summed E-state index contributed by atoms with van der Waals surface area (Å²) >= 11 is 0. The summed E-state index contributed by atoms with van der Waals surface area (Å²) in [4.78, 5) is 28.8. The second-order valence-electron chi connectivity index (χ2n) is 7.53. The molecule has 1 saturated heterocycles. The Morgan fingerprint density at radius 3 is 2.46 bits per heavy atom. The maximum absolute atomic E-state index is 13.0. The van der Waals surface area contributed by atoms with E-state index >= 15 is 0 Å². The highest BCUT2D eigenvalue weighted by Crippen LogP contribution is 2.17. The summed E-state index contributed by atoms with van der Waals surface area (Å²) in [5.41, 5.74) is 2.67. The monoisotopic (exact) mass is 384 g/mol. The van der Waals surface area contributed by atoms with Crippen molar-refractivity contribution >= 4 is 5.91 Å². The highest BCUT2D eigenvalue weighted by Gasteiger charge is 2.22. The molecule has 0 unspecified atom stereocenters. The molecule has 1 fully saturated rings. The van der Waals surface area contributed by atoms with Crippen LogP contribution in [0, 0.1) is 5.82 Å². The van der Waals surface area contributed by atoms with E-state index < -0.39 is 0 Å². The number of aromatic nitrogens is 2. The molecular formula is C21H25FN4O2. The van der Waals surface area contributed by atoms with Gasteiger partial charge in [-0.2, -0.15) is 5.10 Å². The molecule has 0 radical (unpaired) electrons. The molecule has 1 aromatic heterocycles. The molecule has 28 heavy (non-hydrogen) atoms. The molecule has 4 rings (SSSR count). The highest BCUT2D eigenvalue weighted by molar-refractivity contribution is 5.94. The zero-order valence-corrected chi connectivity index (χ0v) is 15.9. The van der Waals surface area contributed by atoms with E-state index in [1.165, 1.54) is 24.3 Å². The van der Waals surface area contributed by atoms with Crippen molar-refractivity contribution < 1.29 is 9.18 Å². The lowest BCUT2D eigenvalue weighted by atomic mass is 9.97. The number of piperazine rings is 1. The lowest BCUT2D eigenvalue weighted by Crippen LogP contribution is -2.49. The fourth-order valence-corrected chi connectivity index (χ4v) is 3.95. The third-order valence-electron chi connectivity index (χ3n) is 5.65. The van der Waals surface area contributed by atoms with E-state index in [0.29, 0.717) is 25.2 Å². The largest absolute Gasteiger partial charge is 0.336 e. The summed E-state index contributed by atoms with van der Waals surface area (Å²) in [5, 5.41) is 4.57. The summed E-state index contributed by atoms with van der Waals surface area (Å²) in [6.45, 7) is 4.08. The number of hydrogen-bond donors (Lipinski definition) is 0. The molecule has 0 atom stereocenters. The molecule has 1 amide bonds. The molecule has 0 saturated carbocycles. The van der Waals surface area contributed by atoms with Crippen molar-refractivity contribution in [2.45, 2.75) is 32.2 Å². The maximum Gasteiger partial charge on any atom is 0.267 e. The van der Waals surface area contributed by atoms with E-state index in [4.69, 9.17) is 0 Å². The Bertz CT molecular complexity index is 902. The first-order chi connectivity index (χ1) is 13.6. The van der Waals surface area contributed by atoms with E-state index in [1.54, 1.807) is 15.6 Å². The molecule has 0 bridgehead atoms. The van der Waals surface area contributed by atoms with Crippen LogP contribution in [-0.2, 0) is 19.4 Å². The molecule has 2 aromatic rings. The topological polar surface area (TPSA) is 58.4 Å². The SMILES string of the molecule is O=C(c1ccc(F)cc1)N1CCN(CCn2nc3c(cc2=O)CCCC3)CC1. The molecule has 6 nitrogen and oxygen atoms in total. The number of carbonyl (C=O) groups excluding carboxylic acids is 1. The van der Waals surface area contributed by atoms with Crippen molar-refractivity contribution in [3.05, 3.63) is 63.3 Å². The first kappa shape index (κ1) is 18.8. The lowest BCUT2D eigenvalue weighted by Gasteiger charge is -2.34. The molecule has 1 aromatic carbocycles. The minimum absolute atomic E-state index is 0.0224. The second-order valence-corrected chi connectivity index (χ2v) is 7.53. The average Bonchev–Trinajstić information content (AvgIpc) is 2.72. The van der Waals surface area contributed by atoms with E-state index in [1.807, 2.05) is 0 Å². The molecule has 148 valence electrons. The van der Waals surface area contributed by atoms with Gasteiger partial charge in [0.15, 0.2) is 0 Å². The van der Waals surface area contributed by atoms with Gasteiger partial charge >= 0.3 is 0 Å². The molecule has 2 heterocycles. The first-order valence-corrected chi connectivity index (χ1v) is 9.97. The number of hydrogen-bond acceptors (Lipinski definition) is 4. The van der Waals surface area contributed by atoms with E-state index in [-0.39, 0.29) is 17.3 Å². The summed E-state index contributed by atoms with van der Waals surface area (Å²) in [6.07, 6.45) is 4.20. The zero-order chi connectivity index (χ0) is 19.5. The van der Waals surface area contributed by atoms with Gasteiger partial charge < -0.3 is 4.90 Å². The molecule has 0 spiro atoms. The molecule has 0 N–H and O–H groups in total. The summed E-state index contributed by atoms with van der Waals surface area (Å²) < 4.78 is 14.6. The Morgan fingerprint density at radius 2 is 1.71 bits per heavy atom. The number of fused-ring (bicyclic) bond motifs is 1. The number of carbonyl (C=O) groups is 1. The van der Waals surface area contributed by atoms with Gasteiger partial charge in [0.1, 0.15) is 5.82 Å². The normalized spacial score (nSPS) is 17.4. The van der Waals surface area contributed by atoms with Crippen LogP contribution in [0.25, 0.3) is 0 Å². The van der Waals surface area contributed by atoms with Crippen LogP contribution in [0.15, 0.2) is 35.1 Å². The van der Waals surface area contributed by atoms with Crippen molar-refractivity contribution in [3.8, 4) is 0 Å². The van der Waals surface area contributed by atoms with Crippen LogP contribution in [0.5, 0.6) is 0 Å². The fraction of sp³-hybridized carbons (Fsp3) is 0.476. The van der Waals surface area contributed by atoms with Crippen molar-refractivity contribution in [1.82, 2.24) is 19.6 Å². The van der Waals surface area contributed by atoms with Crippen LogP contribution < -0.4 is 5.56 Å². The third-order valence-corrected chi connectivity index (χ3v) is 5.65. The van der Waals surface area contributed by atoms with Crippen molar-refractivity contribution in [1.29, 1.82) is 0 Å². The van der Waals surface area contributed by atoms with Gasteiger partial charge in [-0.3, -0.25) is 14.5 Å². The van der Waals surface area contributed by atoms with Crippen molar-refractivity contribution in [3.63, 3.8) is 0 Å². The molecular weight excluding hydrogens is 359 g/mol. The Kier molecular flexibility index (Phi) is 5.52. The molecule has 1 aliphatic carbocycles. The van der Waals surface area contributed by atoms with Gasteiger partial charge in [-0.1, -0.05) is 0 Å². The van der Waals surface area contributed by atoms with Gasteiger partial charge in [0.05, 0.1) is 12.2 Å². The van der Waals surface area contributed by atoms with Gasteiger partial charge in [-0.25, -0.2) is 9.07 Å². The van der Waals surface area contributed by atoms with E-state index in [0.717, 1.165) is 56.6 Å². The fourth-order valence-electron chi connectivity index (χ4n) is 3.95. The van der Waals surface area contributed by atoms with Gasteiger partial charge in [-0.15, -0.1) is 0 Å². The summed E-state index contributed by atoms with van der Waals surface area (Å²) in [5.74, 6) is -0.403. The van der Waals surface area contributed by atoms with Gasteiger partial charge in [-0.05, 0) is 55.5 Å². The Morgan fingerprint density at radius 1 is 1.00 bits per heavy atom. The van der Waals surface area contributed by atoms with Gasteiger partial charge in [0.2, 0.25) is 0 Å². The number of amides is 1. The number of benzene rings is 1. The van der Waals surface area contributed by atoms with Crippen molar-refractivity contribution in [2.24, 2.45) is 0 Å².